The van der Waals surface area contributed by atoms with Crippen molar-refractivity contribution in [2.45, 2.75) is 5.41 Å². The second kappa shape index (κ2) is 13.4. The average Bonchev–Trinajstić information content (AvgIpc) is 3.78. The van der Waals surface area contributed by atoms with Crippen LogP contribution in [-0.2, 0) is 5.41 Å². The number of anilines is 3. The van der Waals surface area contributed by atoms with E-state index < -0.39 is 5.41 Å². The molecule has 0 radical (unpaired) electrons. The predicted octanol–water partition coefficient (Wildman–Crippen LogP) is 14.3. The third-order valence-electron chi connectivity index (χ3n) is 11.8. The summed E-state index contributed by atoms with van der Waals surface area (Å²) in [4.78, 5) is 2.45. The van der Waals surface area contributed by atoms with Gasteiger partial charge in [0.1, 0.15) is 0 Å². The Bertz CT molecular complexity index is 3020. The molecule has 0 N–H and O–H groups in total. The molecule has 0 atom stereocenters. The average molecular weight is 727 g/mol. The molecule has 0 spiro atoms. The summed E-state index contributed by atoms with van der Waals surface area (Å²) in [6.45, 7) is 0. The summed E-state index contributed by atoms with van der Waals surface area (Å²) in [5, 5.41) is 2.47. The molecular formula is C55H38N2. The molecule has 1 aliphatic rings. The van der Waals surface area contributed by atoms with Gasteiger partial charge in [-0.1, -0.05) is 176 Å². The normalized spacial score (nSPS) is 12.7. The topological polar surface area (TPSA) is 8.17 Å². The van der Waals surface area contributed by atoms with E-state index in [-0.39, 0.29) is 0 Å². The molecule has 9 aromatic carbocycles. The molecule has 2 nitrogen and oxygen atoms in total. The predicted molar refractivity (Wildman–Crippen MR) is 238 cm³/mol. The van der Waals surface area contributed by atoms with Crippen LogP contribution in [0, 0.1) is 0 Å². The number of fused-ring (bicyclic) bond motifs is 6. The Labute approximate surface area is 333 Å². The van der Waals surface area contributed by atoms with Gasteiger partial charge in [-0.05, 0) is 99.1 Å². The quantitative estimate of drug-likeness (QED) is 0.159. The van der Waals surface area contributed by atoms with Crippen molar-refractivity contribution in [1.29, 1.82) is 0 Å². The van der Waals surface area contributed by atoms with Crippen LogP contribution < -0.4 is 4.90 Å². The van der Waals surface area contributed by atoms with Crippen molar-refractivity contribution in [3.63, 3.8) is 0 Å². The second-order valence-corrected chi connectivity index (χ2v) is 14.9. The maximum absolute atomic E-state index is 2.46. The lowest BCUT2D eigenvalue weighted by molar-refractivity contribution is 0.768. The fourth-order valence-corrected chi connectivity index (χ4v) is 9.43. The zero-order chi connectivity index (χ0) is 37.8. The van der Waals surface area contributed by atoms with E-state index in [1.807, 2.05) is 0 Å². The van der Waals surface area contributed by atoms with Crippen molar-refractivity contribution >= 4 is 38.9 Å². The highest BCUT2D eigenvalue weighted by Crippen LogP contribution is 2.57. The highest BCUT2D eigenvalue weighted by Gasteiger charge is 2.46. The van der Waals surface area contributed by atoms with E-state index in [1.54, 1.807) is 0 Å². The van der Waals surface area contributed by atoms with Gasteiger partial charge >= 0.3 is 0 Å². The van der Waals surface area contributed by atoms with E-state index in [9.17, 15) is 0 Å². The summed E-state index contributed by atoms with van der Waals surface area (Å²) in [7, 11) is 0. The summed E-state index contributed by atoms with van der Waals surface area (Å²) < 4.78 is 2.40. The molecule has 10 aromatic rings. The van der Waals surface area contributed by atoms with Crippen molar-refractivity contribution in [2.75, 3.05) is 4.90 Å². The third-order valence-corrected chi connectivity index (χ3v) is 11.8. The van der Waals surface area contributed by atoms with Crippen LogP contribution in [0.2, 0.25) is 0 Å². The number of aromatic nitrogens is 1. The number of hydrogen-bond acceptors (Lipinski definition) is 1. The number of rotatable bonds is 7. The van der Waals surface area contributed by atoms with Crippen LogP contribution in [-0.4, -0.2) is 4.57 Å². The monoisotopic (exact) mass is 726 g/mol. The van der Waals surface area contributed by atoms with E-state index in [2.05, 4.69) is 240 Å². The lowest BCUT2D eigenvalue weighted by Gasteiger charge is -2.35. The van der Waals surface area contributed by atoms with E-state index >= 15 is 0 Å². The van der Waals surface area contributed by atoms with Crippen molar-refractivity contribution in [3.05, 3.63) is 253 Å². The van der Waals surface area contributed by atoms with Crippen LogP contribution in [0.5, 0.6) is 0 Å². The first kappa shape index (κ1) is 33.0. The molecule has 0 saturated carbocycles. The summed E-state index contributed by atoms with van der Waals surface area (Å²) in [5.41, 5.74) is 16.3. The van der Waals surface area contributed by atoms with Crippen molar-refractivity contribution in [1.82, 2.24) is 4.57 Å². The molecule has 1 heterocycles. The van der Waals surface area contributed by atoms with Crippen LogP contribution in [0.25, 0.3) is 49.7 Å². The van der Waals surface area contributed by atoms with Crippen molar-refractivity contribution in [3.8, 4) is 27.9 Å². The number of benzene rings is 9. The third kappa shape index (κ3) is 5.18. The second-order valence-electron chi connectivity index (χ2n) is 14.9. The zero-order valence-electron chi connectivity index (χ0n) is 31.3. The molecule has 0 fully saturated rings. The minimum Gasteiger partial charge on any atom is -0.310 e. The van der Waals surface area contributed by atoms with Crippen molar-refractivity contribution < 1.29 is 0 Å². The molecule has 0 aliphatic heterocycles. The highest BCUT2D eigenvalue weighted by atomic mass is 15.1. The Kier molecular flexibility index (Phi) is 7.75. The van der Waals surface area contributed by atoms with E-state index in [1.165, 1.54) is 66.3 Å². The van der Waals surface area contributed by atoms with Crippen LogP contribution in [0.1, 0.15) is 22.3 Å². The number of nitrogens with zero attached hydrogens (tertiary/aromatic N) is 2. The highest BCUT2D eigenvalue weighted by molar-refractivity contribution is 6.10. The Morgan fingerprint density at radius 1 is 0.333 bits per heavy atom. The molecule has 0 bridgehead atoms. The van der Waals surface area contributed by atoms with Gasteiger partial charge in [0.05, 0.1) is 16.4 Å². The first-order valence-corrected chi connectivity index (χ1v) is 19.7. The van der Waals surface area contributed by atoms with E-state index in [0.29, 0.717) is 0 Å². The van der Waals surface area contributed by atoms with Gasteiger partial charge in [-0.15, -0.1) is 0 Å². The molecule has 268 valence electrons. The van der Waals surface area contributed by atoms with Gasteiger partial charge in [-0.25, -0.2) is 0 Å². The molecule has 1 aliphatic carbocycles. The van der Waals surface area contributed by atoms with E-state index in [4.69, 9.17) is 0 Å². The molecule has 57 heavy (non-hydrogen) atoms. The van der Waals surface area contributed by atoms with Gasteiger partial charge in [0.25, 0.3) is 0 Å². The molecule has 2 heteroatoms. The van der Waals surface area contributed by atoms with Gasteiger partial charge in [-0.3, -0.25) is 0 Å². The number of hydrogen-bond donors (Lipinski definition) is 0. The van der Waals surface area contributed by atoms with E-state index in [0.717, 1.165) is 22.7 Å². The Balaban J connectivity index is 1.20. The van der Waals surface area contributed by atoms with Crippen LogP contribution >= 0.6 is 0 Å². The van der Waals surface area contributed by atoms with Crippen molar-refractivity contribution in [2.24, 2.45) is 0 Å². The fourth-order valence-electron chi connectivity index (χ4n) is 9.43. The minimum absolute atomic E-state index is 0.508. The molecule has 1 aromatic heterocycles. The van der Waals surface area contributed by atoms with Crippen LogP contribution in [0.3, 0.4) is 0 Å². The lowest BCUT2D eigenvalue weighted by atomic mass is 9.67. The van der Waals surface area contributed by atoms with Gasteiger partial charge in [0.15, 0.2) is 0 Å². The van der Waals surface area contributed by atoms with Crippen LogP contribution in [0.15, 0.2) is 231 Å². The minimum atomic E-state index is -0.508. The molecule has 0 unspecified atom stereocenters. The van der Waals surface area contributed by atoms with Gasteiger partial charge in [0.2, 0.25) is 0 Å². The van der Waals surface area contributed by atoms with Gasteiger partial charge in [0, 0.05) is 33.5 Å². The fraction of sp³-hybridized carbons (Fsp3) is 0.0182. The Hall–Kier alpha value is -7.42. The first-order valence-electron chi connectivity index (χ1n) is 19.7. The first-order chi connectivity index (χ1) is 28.3. The standard InChI is InChI=1S/C55H38N2/c1-5-18-39(19-6-1)40-20-17-27-44(36-40)56(46-33-35-50-49-29-14-16-31-53(49)57(54(50)38-46)43-25-11-4-12-26-43)45-32-34-48-47-28-13-15-30-51(47)55(52(48)37-45,41-21-7-2-8-22-41)42-23-9-3-10-24-42/h1-38H. The zero-order valence-corrected chi connectivity index (χ0v) is 31.3. The molecular weight excluding hydrogens is 689 g/mol. The summed E-state index contributed by atoms with van der Waals surface area (Å²) in [5.74, 6) is 0. The lowest BCUT2D eigenvalue weighted by Crippen LogP contribution is -2.28. The van der Waals surface area contributed by atoms with Crippen LogP contribution in [0.4, 0.5) is 17.1 Å². The smallest absolute Gasteiger partial charge is 0.0714 e. The van der Waals surface area contributed by atoms with Gasteiger partial charge in [-0.2, -0.15) is 0 Å². The molecule has 0 saturated heterocycles. The summed E-state index contributed by atoms with van der Waals surface area (Å²) >= 11 is 0. The summed E-state index contributed by atoms with van der Waals surface area (Å²) in [6.07, 6.45) is 0. The Morgan fingerprint density at radius 3 is 1.63 bits per heavy atom. The largest absolute Gasteiger partial charge is 0.310 e. The maximum atomic E-state index is 2.46. The SMILES string of the molecule is c1ccc(-c2cccc(N(c3ccc4c(c3)C(c3ccccc3)(c3ccccc3)c3ccccc3-4)c3ccc4c5ccccc5n(-c5ccccc5)c4c3)c2)cc1. The number of para-hydroxylation sites is 2. The molecule has 11 rings (SSSR count). The Morgan fingerprint density at radius 2 is 0.877 bits per heavy atom. The molecule has 0 amide bonds. The summed E-state index contributed by atoms with van der Waals surface area (Å²) in [6, 6.07) is 84.3. The van der Waals surface area contributed by atoms with Gasteiger partial charge < -0.3 is 9.47 Å². The maximum Gasteiger partial charge on any atom is 0.0714 e.